The molecule has 2 heterocycles. The van der Waals surface area contributed by atoms with Gasteiger partial charge in [-0.05, 0) is 81.4 Å². The molecule has 0 saturated heterocycles. The molecule has 4 aromatic rings. The van der Waals surface area contributed by atoms with Crippen LogP contribution in [0.25, 0.3) is 22.2 Å². The number of aromatic nitrogens is 1. The largest absolute Gasteiger partial charge is 0.492 e. The Morgan fingerprint density at radius 1 is 0.974 bits per heavy atom. The van der Waals surface area contributed by atoms with Gasteiger partial charge < -0.3 is 18.9 Å². The summed E-state index contributed by atoms with van der Waals surface area (Å²) in [5.74, 6) is 2.15. The van der Waals surface area contributed by atoms with Crippen LogP contribution in [-0.4, -0.2) is 41.7 Å². The van der Waals surface area contributed by atoms with Crippen LogP contribution in [0.15, 0.2) is 71.6 Å². The average molecular weight is 543 g/mol. The summed E-state index contributed by atoms with van der Waals surface area (Å²) < 4.78 is 14.2. The zero-order chi connectivity index (χ0) is 27.6. The molecule has 204 valence electrons. The number of benzene rings is 3. The third kappa shape index (κ3) is 5.87. The summed E-state index contributed by atoms with van der Waals surface area (Å²) in [4.78, 5) is 16.2. The molecule has 1 aliphatic rings. The third-order valence-electron chi connectivity index (χ3n) is 7.31. The van der Waals surface area contributed by atoms with E-state index in [1.165, 1.54) is 27.3 Å². The van der Waals surface area contributed by atoms with Gasteiger partial charge in [0.05, 0.1) is 11.1 Å². The third-order valence-corrected chi connectivity index (χ3v) is 8.41. The first-order valence-corrected chi connectivity index (χ1v) is 14.8. The highest BCUT2D eigenvalue weighted by Gasteiger charge is 2.27. The van der Waals surface area contributed by atoms with Crippen molar-refractivity contribution in [2.45, 2.75) is 51.8 Å². The number of hydrogen-bond acceptors (Lipinski definition) is 5. The minimum atomic E-state index is -0.559. The maximum atomic E-state index is 12.6. The van der Waals surface area contributed by atoms with Gasteiger partial charge in [-0.2, -0.15) is 0 Å². The summed E-state index contributed by atoms with van der Waals surface area (Å²) in [6, 6.07) is 23.1. The molecule has 1 aromatic heterocycles. The van der Waals surface area contributed by atoms with Crippen LogP contribution in [0.2, 0.25) is 0 Å². The number of hydrogen-bond donors (Lipinski definition) is 0. The minimum absolute atomic E-state index is 0.228. The fourth-order valence-electron chi connectivity index (χ4n) is 4.99. The molecule has 0 unspecified atom stereocenters. The number of rotatable bonds is 9. The standard InChI is InChI=1S/C33H38N2O3S/c1-6-34(7-2)18-19-37-24-14-12-23(13-15-24)21-35-29-17-16-25(38-32(36)33(3,4)5)20-27(29)28-22-39-30-11-9-8-10-26(30)31(28)35/h8-17,20H,6-7,18-19,21-22H2,1-5H3. The quantitative estimate of drug-likeness (QED) is 0.161. The SMILES string of the molecule is CCN(CC)CCOc1ccc(Cn2c3c(c4cc(OC(=O)C(C)(C)C)ccc42)CSc2ccccc2-3)cc1. The van der Waals surface area contributed by atoms with Crippen molar-refractivity contribution in [1.29, 1.82) is 0 Å². The fraction of sp³-hybridized carbons (Fsp3) is 0.364. The van der Waals surface area contributed by atoms with E-state index in [1.54, 1.807) is 0 Å². The summed E-state index contributed by atoms with van der Waals surface area (Å²) in [6.07, 6.45) is 0. The first-order valence-electron chi connectivity index (χ1n) is 13.8. The number of ether oxygens (including phenoxy) is 2. The monoisotopic (exact) mass is 542 g/mol. The number of esters is 1. The van der Waals surface area contributed by atoms with E-state index in [4.69, 9.17) is 9.47 Å². The van der Waals surface area contributed by atoms with E-state index in [2.05, 4.69) is 77.9 Å². The number of likely N-dealkylation sites (N-methyl/N-ethyl adjacent to an activating group) is 1. The van der Waals surface area contributed by atoms with E-state index in [1.807, 2.05) is 44.7 Å². The highest BCUT2D eigenvalue weighted by Crippen LogP contribution is 2.46. The van der Waals surface area contributed by atoms with Crippen molar-refractivity contribution in [3.8, 4) is 22.8 Å². The fourth-order valence-corrected chi connectivity index (χ4v) is 6.08. The molecule has 0 saturated carbocycles. The molecule has 0 radical (unpaired) electrons. The van der Waals surface area contributed by atoms with Gasteiger partial charge in [0, 0.05) is 40.2 Å². The van der Waals surface area contributed by atoms with E-state index in [0.29, 0.717) is 12.4 Å². The second kappa shape index (κ2) is 11.5. The molecule has 0 atom stereocenters. The summed E-state index contributed by atoms with van der Waals surface area (Å²) in [5, 5.41) is 1.14. The molecule has 5 rings (SSSR count). The average Bonchev–Trinajstić information content (AvgIpc) is 3.24. The Hall–Kier alpha value is -3.22. The molecule has 0 fully saturated rings. The molecule has 0 N–H and O–H groups in total. The van der Waals surface area contributed by atoms with Gasteiger partial charge in [-0.15, -0.1) is 11.8 Å². The van der Waals surface area contributed by atoms with Crippen LogP contribution in [0.1, 0.15) is 45.7 Å². The highest BCUT2D eigenvalue weighted by molar-refractivity contribution is 7.98. The van der Waals surface area contributed by atoms with Crippen molar-refractivity contribution in [3.05, 3.63) is 77.9 Å². The van der Waals surface area contributed by atoms with Crippen LogP contribution < -0.4 is 9.47 Å². The lowest BCUT2D eigenvalue weighted by molar-refractivity contribution is -0.142. The van der Waals surface area contributed by atoms with Crippen LogP contribution in [0.4, 0.5) is 0 Å². The van der Waals surface area contributed by atoms with Gasteiger partial charge in [0.15, 0.2) is 0 Å². The van der Waals surface area contributed by atoms with Gasteiger partial charge in [-0.3, -0.25) is 4.79 Å². The molecule has 0 bridgehead atoms. The Morgan fingerprint density at radius 2 is 1.69 bits per heavy atom. The Kier molecular flexibility index (Phi) is 8.06. The molecule has 0 aliphatic carbocycles. The molecule has 6 heteroatoms. The second-order valence-electron chi connectivity index (χ2n) is 11.0. The van der Waals surface area contributed by atoms with Crippen LogP contribution in [0, 0.1) is 5.41 Å². The van der Waals surface area contributed by atoms with Gasteiger partial charge in [-0.1, -0.05) is 44.2 Å². The predicted octanol–water partition coefficient (Wildman–Crippen LogP) is 7.63. The summed E-state index contributed by atoms with van der Waals surface area (Å²) in [5.41, 5.74) is 5.59. The van der Waals surface area contributed by atoms with Gasteiger partial charge in [0.25, 0.3) is 0 Å². The Labute approximate surface area is 236 Å². The molecule has 39 heavy (non-hydrogen) atoms. The van der Waals surface area contributed by atoms with E-state index in [0.717, 1.165) is 48.6 Å². The number of carbonyl (C=O) groups is 1. The predicted molar refractivity (Wildman–Crippen MR) is 161 cm³/mol. The number of nitrogens with zero attached hydrogens (tertiary/aromatic N) is 2. The zero-order valence-electron chi connectivity index (χ0n) is 23.6. The Morgan fingerprint density at radius 3 is 2.41 bits per heavy atom. The number of fused-ring (bicyclic) bond motifs is 5. The summed E-state index contributed by atoms with van der Waals surface area (Å²) >= 11 is 1.86. The lowest BCUT2D eigenvalue weighted by Crippen LogP contribution is -2.27. The molecule has 0 amide bonds. The van der Waals surface area contributed by atoms with Crippen LogP contribution >= 0.6 is 11.8 Å². The number of carbonyl (C=O) groups excluding carboxylic acids is 1. The smallest absolute Gasteiger partial charge is 0.316 e. The zero-order valence-corrected chi connectivity index (χ0v) is 24.4. The second-order valence-corrected chi connectivity index (χ2v) is 12.1. The molecule has 1 aliphatic heterocycles. The lowest BCUT2D eigenvalue weighted by atomic mass is 9.97. The maximum Gasteiger partial charge on any atom is 0.316 e. The van der Waals surface area contributed by atoms with Gasteiger partial charge >= 0.3 is 5.97 Å². The van der Waals surface area contributed by atoms with Crippen molar-refractivity contribution in [3.63, 3.8) is 0 Å². The molecular formula is C33H38N2O3S. The van der Waals surface area contributed by atoms with E-state index in [9.17, 15) is 4.79 Å². The van der Waals surface area contributed by atoms with Crippen molar-refractivity contribution in [2.24, 2.45) is 5.41 Å². The van der Waals surface area contributed by atoms with Crippen LogP contribution in [0.5, 0.6) is 11.5 Å². The Balaban J connectivity index is 1.47. The summed E-state index contributed by atoms with van der Waals surface area (Å²) in [6.45, 7) is 14.4. The minimum Gasteiger partial charge on any atom is -0.492 e. The molecular weight excluding hydrogens is 504 g/mol. The summed E-state index contributed by atoms with van der Waals surface area (Å²) in [7, 11) is 0. The van der Waals surface area contributed by atoms with Gasteiger partial charge in [0.2, 0.25) is 0 Å². The van der Waals surface area contributed by atoms with E-state index >= 15 is 0 Å². The van der Waals surface area contributed by atoms with Crippen molar-refractivity contribution >= 4 is 28.6 Å². The van der Waals surface area contributed by atoms with E-state index < -0.39 is 5.41 Å². The van der Waals surface area contributed by atoms with Crippen molar-refractivity contribution < 1.29 is 14.3 Å². The first-order chi connectivity index (χ1) is 18.8. The van der Waals surface area contributed by atoms with Crippen LogP contribution in [0.3, 0.4) is 0 Å². The van der Waals surface area contributed by atoms with Crippen molar-refractivity contribution in [1.82, 2.24) is 9.47 Å². The highest BCUT2D eigenvalue weighted by atomic mass is 32.2. The maximum absolute atomic E-state index is 12.6. The lowest BCUT2D eigenvalue weighted by Gasteiger charge is -2.20. The topological polar surface area (TPSA) is 43.7 Å². The first kappa shape index (κ1) is 27.4. The molecule has 5 nitrogen and oxygen atoms in total. The van der Waals surface area contributed by atoms with E-state index in [-0.39, 0.29) is 5.97 Å². The van der Waals surface area contributed by atoms with Crippen LogP contribution in [-0.2, 0) is 17.1 Å². The van der Waals surface area contributed by atoms with Crippen molar-refractivity contribution in [2.75, 3.05) is 26.2 Å². The molecule has 0 spiro atoms. The van der Waals surface area contributed by atoms with Gasteiger partial charge in [0.1, 0.15) is 18.1 Å². The molecule has 3 aromatic carbocycles. The normalized spacial score (nSPS) is 12.9. The van der Waals surface area contributed by atoms with Gasteiger partial charge in [-0.25, -0.2) is 0 Å². The number of thioether (sulfide) groups is 1. The Bertz CT molecular complexity index is 1460.